The molecule has 164 valence electrons. The van der Waals surface area contributed by atoms with Crippen molar-refractivity contribution >= 4 is 35.1 Å². The zero-order chi connectivity index (χ0) is 22.3. The Labute approximate surface area is 187 Å². The maximum atomic E-state index is 13.3. The number of primary amides is 1. The predicted molar refractivity (Wildman–Crippen MR) is 120 cm³/mol. The van der Waals surface area contributed by atoms with Gasteiger partial charge in [-0.25, -0.2) is 0 Å². The highest BCUT2D eigenvalue weighted by atomic mass is 35.5. The van der Waals surface area contributed by atoms with E-state index in [0.29, 0.717) is 23.6 Å². The highest BCUT2D eigenvalue weighted by Gasteiger charge is 2.43. The lowest BCUT2D eigenvalue weighted by Gasteiger charge is -2.35. The summed E-state index contributed by atoms with van der Waals surface area (Å²) in [4.78, 5) is 38.8. The van der Waals surface area contributed by atoms with E-state index >= 15 is 0 Å². The molecule has 6 nitrogen and oxygen atoms in total. The van der Waals surface area contributed by atoms with Crippen LogP contribution in [0.4, 0.5) is 5.69 Å². The molecule has 0 aliphatic heterocycles. The first-order valence-electron chi connectivity index (χ1n) is 10.5. The number of nitrogens with zero attached hydrogens (tertiary/aromatic N) is 1. The average Bonchev–Trinajstić information content (AvgIpc) is 2.78. The number of carbonyl (C=O) groups excluding carboxylic acids is 3. The monoisotopic (exact) mass is 442 g/mol. The minimum Gasteiger partial charge on any atom is -0.455 e. The van der Waals surface area contributed by atoms with Crippen molar-refractivity contribution in [1.82, 2.24) is 0 Å². The standard InChI is InChI=1S/C24H27ClN2O4/c25-19-9-7-8-18(16-19)24(13-5-2-6-14-24)23(30)31-17-22(29)27(15-12-21(26)28)20-10-3-1-4-11-20/h1,3-4,7-11,16H,2,5-6,12-15,17H2,(H2,26,28). The Bertz CT molecular complexity index is 926. The van der Waals surface area contributed by atoms with Crippen LogP contribution >= 0.6 is 11.6 Å². The molecule has 1 aliphatic rings. The number of halogens is 1. The number of para-hydroxylation sites is 1. The van der Waals surface area contributed by atoms with E-state index in [1.165, 1.54) is 4.90 Å². The van der Waals surface area contributed by atoms with Crippen molar-refractivity contribution in [2.24, 2.45) is 5.73 Å². The van der Waals surface area contributed by atoms with Gasteiger partial charge in [-0.15, -0.1) is 0 Å². The van der Waals surface area contributed by atoms with E-state index in [9.17, 15) is 14.4 Å². The van der Waals surface area contributed by atoms with E-state index in [4.69, 9.17) is 22.1 Å². The van der Waals surface area contributed by atoms with Crippen molar-refractivity contribution in [2.75, 3.05) is 18.1 Å². The number of nitrogens with two attached hydrogens (primary N) is 1. The molecule has 2 amide bonds. The Hall–Kier alpha value is -2.86. The van der Waals surface area contributed by atoms with Crippen LogP contribution in [-0.2, 0) is 24.5 Å². The molecule has 0 atom stereocenters. The summed E-state index contributed by atoms with van der Waals surface area (Å²) in [5.41, 5.74) is 5.90. The zero-order valence-electron chi connectivity index (χ0n) is 17.4. The molecule has 31 heavy (non-hydrogen) atoms. The lowest BCUT2D eigenvalue weighted by atomic mass is 9.69. The summed E-state index contributed by atoms with van der Waals surface area (Å²) >= 11 is 6.18. The van der Waals surface area contributed by atoms with Gasteiger partial charge in [0.1, 0.15) is 0 Å². The second-order valence-corrected chi connectivity index (χ2v) is 8.26. The number of amides is 2. The topological polar surface area (TPSA) is 89.7 Å². The molecule has 2 N–H and O–H groups in total. The molecule has 2 aromatic rings. The summed E-state index contributed by atoms with van der Waals surface area (Å²) in [7, 11) is 0. The number of carbonyl (C=O) groups is 3. The summed E-state index contributed by atoms with van der Waals surface area (Å²) in [6, 6.07) is 16.2. The molecule has 0 bridgehead atoms. The molecule has 0 heterocycles. The molecule has 3 rings (SSSR count). The largest absolute Gasteiger partial charge is 0.455 e. The lowest BCUT2D eigenvalue weighted by Crippen LogP contribution is -2.42. The van der Waals surface area contributed by atoms with E-state index in [0.717, 1.165) is 24.8 Å². The van der Waals surface area contributed by atoms with E-state index in [-0.39, 0.29) is 13.0 Å². The maximum Gasteiger partial charge on any atom is 0.317 e. The van der Waals surface area contributed by atoms with Crippen molar-refractivity contribution in [3.63, 3.8) is 0 Å². The van der Waals surface area contributed by atoms with Crippen LogP contribution in [0.1, 0.15) is 44.1 Å². The van der Waals surface area contributed by atoms with Crippen molar-refractivity contribution in [2.45, 2.75) is 43.9 Å². The van der Waals surface area contributed by atoms with Crippen molar-refractivity contribution in [3.05, 3.63) is 65.2 Å². The quantitative estimate of drug-likeness (QED) is 0.626. The molecule has 0 aromatic heterocycles. The van der Waals surface area contributed by atoms with Gasteiger partial charge in [0.05, 0.1) is 5.41 Å². The summed E-state index contributed by atoms with van der Waals surface area (Å²) < 4.78 is 5.56. The van der Waals surface area contributed by atoms with Gasteiger partial charge in [0.2, 0.25) is 5.91 Å². The minimum absolute atomic E-state index is 0.0149. The third-order valence-corrected chi connectivity index (χ3v) is 5.99. The predicted octanol–water partition coefficient (Wildman–Crippen LogP) is 3.99. The summed E-state index contributed by atoms with van der Waals surface area (Å²) in [5, 5.41) is 0.563. The normalized spacial score (nSPS) is 15.1. The summed E-state index contributed by atoms with van der Waals surface area (Å²) in [5.74, 6) is -1.32. The fourth-order valence-corrected chi connectivity index (χ4v) is 4.31. The molecule has 2 aromatic carbocycles. The number of benzene rings is 2. The summed E-state index contributed by atoms with van der Waals surface area (Å²) in [6.07, 6.45) is 4.20. The van der Waals surface area contributed by atoms with Gasteiger partial charge >= 0.3 is 5.97 Å². The van der Waals surface area contributed by atoms with E-state index in [1.54, 1.807) is 36.4 Å². The van der Waals surface area contributed by atoms with Gasteiger partial charge < -0.3 is 15.4 Å². The molecule has 1 fully saturated rings. The number of hydrogen-bond donors (Lipinski definition) is 1. The SMILES string of the molecule is NC(=O)CCN(C(=O)COC(=O)C1(c2cccc(Cl)c2)CCCCC1)c1ccccc1. The Morgan fingerprint density at radius 1 is 1.00 bits per heavy atom. The maximum absolute atomic E-state index is 13.3. The van der Waals surface area contributed by atoms with Crippen LogP contribution in [0.25, 0.3) is 0 Å². The number of anilines is 1. The molecule has 0 spiro atoms. The third kappa shape index (κ3) is 5.64. The molecular formula is C24H27ClN2O4. The Balaban J connectivity index is 1.75. The molecule has 1 saturated carbocycles. The number of rotatable bonds is 8. The number of ether oxygens (including phenoxy) is 1. The lowest BCUT2D eigenvalue weighted by molar-refractivity contribution is -0.155. The molecule has 0 saturated heterocycles. The van der Waals surface area contributed by atoms with Gasteiger partial charge in [-0.1, -0.05) is 61.2 Å². The summed E-state index contributed by atoms with van der Waals surface area (Å²) in [6.45, 7) is -0.288. The second-order valence-electron chi connectivity index (χ2n) is 7.83. The molecule has 1 aliphatic carbocycles. The first-order chi connectivity index (χ1) is 14.9. The first-order valence-corrected chi connectivity index (χ1v) is 10.9. The second kappa shape index (κ2) is 10.4. The van der Waals surface area contributed by atoms with Gasteiger partial charge in [-0.05, 0) is 42.7 Å². The van der Waals surface area contributed by atoms with Crippen LogP contribution in [0.3, 0.4) is 0 Å². The van der Waals surface area contributed by atoms with Crippen LogP contribution in [-0.4, -0.2) is 30.9 Å². The zero-order valence-corrected chi connectivity index (χ0v) is 18.1. The molecule has 0 unspecified atom stereocenters. The van der Waals surface area contributed by atoms with Crippen molar-refractivity contribution in [3.8, 4) is 0 Å². The molecular weight excluding hydrogens is 416 g/mol. The van der Waals surface area contributed by atoms with Gasteiger partial charge in [0.25, 0.3) is 5.91 Å². The van der Waals surface area contributed by atoms with Crippen LogP contribution < -0.4 is 10.6 Å². The Morgan fingerprint density at radius 2 is 1.71 bits per heavy atom. The third-order valence-electron chi connectivity index (χ3n) is 5.75. The van der Waals surface area contributed by atoms with Crippen LogP contribution in [0.15, 0.2) is 54.6 Å². The van der Waals surface area contributed by atoms with Gasteiger partial charge in [0.15, 0.2) is 6.61 Å². The Morgan fingerprint density at radius 3 is 2.35 bits per heavy atom. The van der Waals surface area contributed by atoms with E-state index in [1.807, 2.05) is 18.2 Å². The van der Waals surface area contributed by atoms with E-state index in [2.05, 4.69) is 0 Å². The van der Waals surface area contributed by atoms with Gasteiger partial charge in [-0.3, -0.25) is 14.4 Å². The molecule has 0 radical (unpaired) electrons. The van der Waals surface area contributed by atoms with E-state index < -0.39 is 29.8 Å². The van der Waals surface area contributed by atoms with Crippen molar-refractivity contribution in [1.29, 1.82) is 0 Å². The van der Waals surface area contributed by atoms with Crippen LogP contribution in [0, 0.1) is 0 Å². The average molecular weight is 443 g/mol. The van der Waals surface area contributed by atoms with Crippen LogP contribution in [0.2, 0.25) is 5.02 Å². The smallest absolute Gasteiger partial charge is 0.317 e. The fourth-order valence-electron chi connectivity index (χ4n) is 4.12. The van der Waals surface area contributed by atoms with Gasteiger partial charge in [-0.2, -0.15) is 0 Å². The van der Waals surface area contributed by atoms with Crippen molar-refractivity contribution < 1.29 is 19.1 Å². The number of esters is 1. The highest BCUT2D eigenvalue weighted by molar-refractivity contribution is 6.30. The van der Waals surface area contributed by atoms with Crippen LogP contribution in [0.5, 0.6) is 0 Å². The minimum atomic E-state index is -0.797. The number of hydrogen-bond acceptors (Lipinski definition) is 4. The van der Waals surface area contributed by atoms with Gasteiger partial charge in [0, 0.05) is 23.7 Å². The first kappa shape index (κ1) is 22.8. The fraction of sp³-hybridized carbons (Fsp3) is 0.375. The molecule has 7 heteroatoms. The Kier molecular flexibility index (Phi) is 7.69. The highest BCUT2D eigenvalue weighted by Crippen LogP contribution is 2.41.